The number of hydrogen-bond donors (Lipinski definition) is 2. The molecule has 1 heterocycles. The Labute approximate surface area is 76.9 Å². The molecule has 1 unspecified atom stereocenters. The van der Waals surface area contributed by atoms with Gasteiger partial charge in [0.25, 0.3) is 10.1 Å². The summed E-state index contributed by atoms with van der Waals surface area (Å²) in [4.78, 5) is 6.87. The normalized spacial score (nSPS) is 14.3. The Balaban J connectivity index is 2.48. The van der Waals surface area contributed by atoms with E-state index in [0.29, 0.717) is 6.42 Å². The third-order valence-corrected chi connectivity index (χ3v) is 2.55. The van der Waals surface area contributed by atoms with Crippen LogP contribution in [0.2, 0.25) is 0 Å². The van der Waals surface area contributed by atoms with Gasteiger partial charge in [-0.05, 0) is 6.42 Å². The topological polar surface area (TPSA) is 83.1 Å². The summed E-state index contributed by atoms with van der Waals surface area (Å²) < 4.78 is 29.4. The van der Waals surface area contributed by atoms with E-state index in [0.717, 1.165) is 5.82 Å². The quantitative estimate of drug-likeness (QED) is 0.710. The van der Waals surface area contributed by atoms with Gasteiger partial charge in [-0.3, -0.25) is 4.55 Å². The summed E-state index contributed by atoms with van der Waals surface area (Å²) in [6.45, 7) is 1.85. The Morgan fingerprint density at radius 3 is 2.85 bits per heavy atom. The highest BCUT2D eigenvalue weighted by molar-refractivity contribution is 7.85. The van der Waals surface area contributed by atoms with Crippen LogP contribution in [0.1, 0.15) is 25.1 Å². The number of imidazole rings is 1. The predicted octanol–water partition coefficient (Wildman–Crippen LogP) is 0.791. The summed E-state index contributed by atoms with van der Waals surface area (Å²) in [6.07, 6.45) is 3.66. The molecule has 0 aliphatic carbocycles. The summed E-state index contributed by atoms with van der Waals surface area (Å²) in [5.41, 5.74) is 0. The molecular formula is C7H12N2O3S. The number of H-pyrrole nitrogens is 1. The van der Waals surface area contributed by atoms with Crippen molar-refractivity contribution in [2.45, 2.75) is 19.3 Å². The standard InChI is InChI=1S/C7H12N2O3S/c1-6(2-5-13(10,11)12)7-8-3-4-9-7/h3-4,6H,2,5H2,1H3,(H,8,9)(H,10,11,12). The maximum Gasteiger partial charge on any atom is 0.264 e. The molecule has 13 heavy (non-hydrogen) atoms. The molecule has 0 aromatic carbocycles. The number of aromatic amines is 1. The van der Waals surface area contributed by atoms with E-state index in [2.05, 4.69) is 9.97 Å². The molecule has 0 aliphatic heterocycles. The molecule has 0 aliphatic rings. The van der Waals surface area contributed by atoms with Crippen molar-refractivity contribution in [3.05, 3.63) is 18.2 Å². The van der Waals surface area contributed by atoms with E-state index in [1.807, 2.05) is 6.92 Å². The van der Waals surface area contributed by atoms with Crippen LogP contribution in [-0.4, -0.2) is 28.7 Å². The number of nitrogens with zero attached hydrogens (tertiary/aromatic N) is 1. The minimum Gasteiger partial charge on any atom is -0.348 e. The van der Waals surface area contributed by atoms with E-state index < -0.39 is 10.1 Å². The highest BCUT2D eigenvalue weighted by atomic mass is 32.2. The average Bonchev–Trinajstić information content (AvgIpc) is 2.50. The van der Waals surface area contributed by atoms with Gasteiger partial charge >= 0.3 is 0 Å². The summed E-state index contributed by atoms with van der Waals surface area (Å²) in [5, 5.41) is 0. The molecule has 0 saturated carbocycles. The Morgan fingerprint density at radius 1 is 1.69 bits per heavy atom. The van der Waals surface area contributed by atoms with E-state index in [1.165, 1.54) is 0 Å². The molecule has 6 heteroatoms. The third-order valence-electron chi connectivity index (χ3n) is 1.79. The van der Waals surface area contributed by atoms with Gasteiger partial charge in [0.1, 0.15) is 5.82 Å². The summed E-state index contributed by atoms with van der Waals surface area (Å²) in [6, 6.07) is 0. The van der Waals surface area contributed by atoms with Gasteiger partial charge in [0.2, 0.25) is 0 Å². The van der Waals surface area contributed by atoms with Gasteiger partial charge in [-0.25, -0.2) is 4.98 Å². The fourth-order valence-corrected chi connectivity index (χ4v) is 1.66. The van der Waals surface area contributed by atoms with Gasteiger partial charge in [0.05, 0.1) is 5.75 Å². The van der Waals surface area contributed by atoms with Crippen molar-refractivity contribution < 1.29 is 13.0 Å². The molecule has 1 atom stereocenters. The SMILES string of the molecule is CC(CCS(=O)(=O)O)c1ncc[nH]1. The Kier molecular flexibility index (Phi) is 3.05. The van der Waals surface area contributed by atoms with Crippen molar-refractivity contribution in [2.24, 2.45) is 0 Å². The predicted molar refractivity (Wildman–Crippen MR) is 48.0 cm³/mol. The van der Waals surface area contributed by atoms with Crippen LogP contribution in [0.3, 0.4) is 0 Å². The van der Waals surface area contributed by atoms with Gasteiger partial charge in [0, 0.05) is 18.3 Å². The number of aromatic nitrogens is 2. The Morgan fingerprint density at radius 2 is 2.38 bits per heavy atom. The second-order valence-electron chi connectivity index (χ2n) is 2.95. The third kappa shape index (κ3) is 3.56. The van der Waals surface area contributed by atoms with Gasteiger partial charge in [0.15, 0.2) is 0 Å². The molecule has 0 spiro atoms. The van der Waals surface area contributed by atoms with Gasteiger partial charge < -0.3 is 4.98 Å². The first-order valence-corrected chi connectivity index (χ1v) is 5.54. The molecule has 1 aromatic heterocycles. The van der Waals surface area contributed by atoms with Gasteiger partial charge in [-0.2, -0.15) is 8.42 Å². The molecular weight excluding hydrogens is 192 g/mol. The maximum absolute atomic E-state index is 10.4. The van der Waals surface area contributed by atoms with Crippen LogP contribution in [-0.2, 0) is 10.1 Å². The first kappa shape index (κ1) is 10.2. The first-order valence-electron chi connectivity index (χ1n) is 3.93. The highest BCUT2D eigenvalue weighted by Gasteiger charge is 2.12. The smallest absolute Gasteiger partial charge is 0.264 e. The lowest BCUT2D eigenvalue weighted by Gasteiger charge is -2.05. The summed E-state index contributed by atoms with van der Waals surface area (Å²) >= 11 is 0. The largest absolute Gasteiger partial charge is 0.348 e. The lowest BCUT2D eigenvalue weighted by atomic mass is 10.1. The van der Waals surface area contributed by atoms with Crippen LogP contribution < -0.4 is 0 Å². The maximum atomic E-state index is 10.4. The average molecular weight is 204 g/mol. The van der Waals surface area contributed by atoms with Crippen molar-refractivity contribution in [1.29, 1.82) is 0 Å². The molecule has 1 aromatic rings. The van der Waals surface area contributed by atoms with Crippen LogP contribution in [0.15, 0.2) is 12.4 Å². The second-order valence-corrected chi connectivity index (χ2v) is 4.52. The van der Waals surface area contributed by atoms with Crippen LogP contribution in [0.4, 0.5) is 0 Å². The number of nitrogens with one attached hydrogen (secondary N) is 1. The van der Waals surface area contributed by atoms with Gasteiger partial charge in [-0.15, -0.1) is 0 Å². The summed E-state index contributed by atoms with van der Waals surface area (Å²) in [7, 11) is -3.85. The van der Waals surface area contributed by atoms with Crippen molar-refractivity contribution in [3.63, 3.8) is 0 Å². The molecule has 0 bridgehead atoms. The lowest BCUT2D eigenvalue weighted by molar-refractivity contribution is 0.478. The van der Waals surface area contributed by atoms with Crippen LogP contribution in [0.25, 0.3) is 0 Å². The van der Waals surface area contributed by atoms with E-state index in [9.17, 15) is 8.42 Å². The molecule has 5 nitrogen and oxygen atoms in total. The molecule has 0 saturated heterocycles. The monoisotopic (exact) mass is 204 g/mol. The Bertz CT molecular complexity index is 344. The first-order chi connectivity index (χ1) is 5.99. The number of rotatable bonds is 4. The zero-order chi connectivity index (χ0) is 9.90. The minimum atomic E-state index is -3.85. The van der Waals surface area contributed by atoms with Crippen LogP contribution in [0, 0.1) is 0 Å². The molecule has 74 valence electrons. The summed E-state index contributed by atoms with van der Waals surface area (Å²) in [5.74, 6) is 0.523. The van der Waals surface area contributed by atoms with Crippen molar-refractivity contribution in [2.75, 3.05) is 5.75 Å². The zero-order valence-corrected chi connectivity index (χ0v) is 8.08. The van der Waals surface area contributed by atoms with Crippen molar-refractivity contribution in [3.8, 4) is 0 Å². The van der Waals surface area contributed by atoms with Gasteiger partial charge in [-0.1, -0.05) is 6.92 Å². The molecule has 1 rings (SSSR count). The van der Waals surface area contributed by atoms with Crippen molar-refractivity contribution in [1.82, 2.24) is 9.97 Å². The highest BCUT2D eigenvalue weighted by Crippen LogP contribution is 2.14. The molecule has 0 radical (unpaired) electrons. The molecule has 0 amide bonds. The fraction of sp³-hybridized carbons (Fsp3) is 0.571. The van der Waals surface area contributed by atoms with Crippen LogP contribution >= 0.6 is 0 Å². The second kappa shape index (κ2) is 3.89. The van der Waals surface area contributed by atoms with E-state index in [1.54, 1.807) is 12.4 Å². The zero-order valence-electron chi connectivity index (χ0n) is 7.27. The lowest BCUT2D eigenvalue weighted by Crippen LogP contribution is -2.08. The molecule has 0 fully saturated rings. The van der Waals surface area contributed by atoms with Crippen molar-refractivity contribution >= 4 is 10.1 Å². The molecule has 2 N–H and O–H groups in total. The fourth-order valence-electron chi connectivity index (χ4n) is 1.01. The van der Waals surface area contributed by atoms with E-state index in [-0.39, 0.29) is 11.7 Å². The van der Waals surface area contributed by atoms with E-state index in [4.69, 9.17) is 4.55 Å². The van der Waals surface area contributed by atoms with Crippen LogP contribution in [0.5, 0.6) is 0 Å². The number of hydrogen-bond acceptors (Lipinski definition) is 3. The minimum absolute atomic E-state index is 0.0110. The Hall–Kier alpha value is -0.880. The van der Waals surface area contributed by atoms with E-state index >= 15 is 0 Å².